The van der Waals surface area contributed by atoms with Crippen molar-refractivity contribution in [2.75, 3.05) is 0 Å². The van der Waals surface area contributed by atoms with Crippen LogP contribution in [-0.2, 0) is 9.47 Å². The Labute approximate surface area is 70.6 Å². The van der Waals surface area contributed by atoms with Gasteiger partial charge in [-0.05, 0) is 0 Å². The molecule has 0 bridgehead atoms. The SMILES string of the molecule is OC1=C(I)OC2O[C@@H]2C1O. The molecule has 2 rings (SSSR count). The smallest absolute Gasteiger partial charge is 0.231 e. The van der Waals surface area contributed by atoms with E-state index < -0.39 is 6.10 Å². The molecule has 0 spiro atoms. The van der Waals surface area contributed by atoms with Gasteiger partial charge in [-0.25, -0.2) is 0 Å². The molecule has 0 aromatic carbocycles. The van der Waals surface area contributed by atoms with Crippen LogP contribution in [-0.4, -0.2) is 28.7 Å². The summed E-state index contributed by atoms with van der Waals surface area (Å²) in [5, 5.41) is 18.2. The lowest BCUT2D eigenvalue weighted by molar-refractivity contribution is 0.0855. The van der Waals surface area contributed by atoms with Crippen LogP contribution in [0.3, 0.4) is 0 Å². The molecule has 2 unspecified atom stereocenters. The molecular weight excluding hydrogens is 251 g/mol. The van der Waals surface area contributed by atoms with E-state index in [0.717, 1.165) is 0 Å². The minimum absolute atomic E-state index is 0.126. The molecule has 0 saturated carbocycles. The van der Waals surface area contributed by atoms with Gasteiger partial charge in [0.05, 0.1) is 0 Å². The van der Waals surface area contributed by atoms with E-state index in [0.29, 0.717) is 3.77 Å². The van der Waals surface area contributed by atoms with Crippen LogP contribution in [0.5, 0.6) is 0 Å². The summed E-state index contributed by atoms with van der Waals surface area (Å²) in [5.74, 6) is -0.126. The number of aliphatic hydroxyl groups is 2. The van der Waals surface area contributed by atoms with Gasteiger partial charge in [0.1, 0.15) is 6.10 Å². The summed E-state index contributed by atoms with van der Waals surface area (Å²) in [4.78, 5) is 0. The first-order valence-electron chi connectivity index (χ1n) is 2.79. The maximum absolute atomic E-state index is 9.14. The van der Waals surface area contributed by atoms with Gasteiger partial charge < -0.3 is 19.7 Å². The van der Waals surface area contributed by atoms with Gasteiger partial charge in [-0.1, -0.05) is 0 Å². The largest absolute Gasteiger partial charge is 0.506 e. The summed E-state index contributed by atoms with van der Waals surface area (Å²) in [6.45, 7) is 0. The minimum Gasteiger partial charge on any atom is -0.506 e. The predicted octanol–water partition coefficient (Wildman–Crippen LogP) is 0.265. The normalized spacial score (nSPS) is 44.4. The van der Waals surface area contributed by atoms with Crippen molar-refractivity contribution in [2.24, 2.45) is 0 Å². The van der Waals surface area contributed by atoms with Gasteiger partial charge in [-0.3, -0.25) is 0 Å². The Hall–Kier alpha value is -0.0100. The molecule has 2 heterocycles. The third kappa shape index (κ3) is 0.807. The van der Waals surface area contributed by atoms with E-state index in [1.807, 2.05) is 22.6 Å². The standard InChI is InChI=1S/C5H5IO4/c6-4-2(8)1(7)3-5(9-3)10-4/h1,3,5,7-8H/t1?,3-,5?/m1/s1. The van der Waals surface area contributed by atoms with Gasteiger partial charge in [0.15, 0.2) is 15.6 Å². The Bertz CT molecular complexity index is 202. The second kappa shape index (κ2) is 1.99. The molecule has 2 aliphatic heterocycles. The van der Waals surface area contributed by atoms with E-state index in [1.54, 1.807) is 0 Å². The van der Waals surface area contributed by atoms with Crippen LogP contribution in [0.15, 0.2) is 9.53 Å². The lowest BCUT2D eigenvalue weighted by atomic mass is 10.2. The zero-order valence-corrected chi connectivity index (χ0v) is 6.98. The Balaban J connectivity index is 2.25. The molecule has 0 aliphatic carbocycles. The molecule has 2 N–H and O–H groups in total. The van der Waals surface area contributed by atoms with Crippen molar-refractivity contribution in [3.63, 3.8) is 0 Å². The molecule has 10 heavy (non-hydrogen) atoms. The van der Waals surface area contributed by atoms with E-state index in [-0.39, 0.29) is 18.2 Å². The number of ether oxygens (including phenoxy) is 2. The predicted molar refractivity (Wildman–Crippen MR) is 39.4 cm³/mol. The zero-order valence-electron chi connectivity index (χ0n) is 4.82. The number of hydrogen-bond donors (Lipinski definition) is 2. The first-order chi connectivity index (χ1) is 4.70. The van der Waals surface area contributed by atoms with Crippen molar-refractivity contribution >= 4 is 22.6 Å². The molecule has 3 atom stereocenters. The molecule has 1 fully saturated rings. The third-order valence-electron chi connectivity index (χ3n) is 1.50. The maximum Gasteiger partial charge on any atom is 0.231 e. The van der Waals surface area contributed by atoms with Crippen LogP contribution in [0.4, 0.5) is 0 Å². The maximum atomic E-state index is 9.14. The van der Waals surface area contributed by atoms with Crippen LogP contribution in [0, 0.1) is 0 Å². The zero-order chi connectivity index (χ0) is 7.30. The second-order valence-electron chi connectivity index (χ2n) is 2.19. The molecule has 1 saturated heterocycles. The summed E-state index contributed by atoms with van der Waals surface area (Å²) in [5.41, 5.74) is 0. The van der Waals surface area contributed by atoms with Crippen LogP contribution < -0.4 is 0 Å². The molecule has 0 aromatic heterocycles. The second-order valence-corrected chi connectivity index (χ2v) is 3.17. The van der Waals surface area contributed by atoms with Gasteiger partial charge in [-0.15, -0.1) is 0 Å². The number of hydrogen-bond acceptors (Lipinski definition) is 4. The third-order valence-corrected chi connectivity index (χ3v) is 2.30. The summed E-state index contributed by atoms with van der Waals surface area (Å²) in [7, 11) is 0. The van der Waals surface area contributed by atoms with E-state index in [9.17, 15) is 0 Å². The molecular formula is C5H5IO4. The molecule has 4 nitrogen and oxygen atoms in total. The van der Waals surface area contributed by atoms with Crippen LogP contribution >= 0.6 is 22.6 Å². The van der Waals surface area contributed by atoms with Crippen molar-refractivity contribution in [2.45, 2.75) is 18.5 Å². The average Bonchev–Trinajstić information content (AvgIpc) is 2.62. The van der Waals surface area contributed by atoms with Gasteiger partial charge >= 0.3 is 0 Å². The number of epoxide rings is 1. The molecule has 0 amide bonds. The van der Waals surface area contributed by atoms with E-state index in [1.165, 1.54) is 0 Å². The van der Waals surface area contributed by atoms with E-state index >= 15 is 0 Å². The highest BCUT2D eigenvalue weighted by atomic mass is 127. The topological polar surface area (TPSA) is 62.2 Å². The van der Waals surface area contributed by atoms with Crippen molar-refractivity contribution in [1.29, 1.82) is 0 Å². The van der Waals surface area contributed by atoms with Gasteiger partial charge in [-0.2, -0.15) is 0 Å². The van der Waals surface area contributed by atoms with Crippen molar-refractivity contribution < 1.29 is 19.7 Å². The number of fused-ring (bicyclic) bond motifs is 1. The average molecular weight is 256 g/mol. The fraction of sp³-hybridized carbons (Fsp3) is 0.600. The van der Waals surface area contributed by atoms with Crippen LogP contribution in [0.25, 0.3) is 0 Å². The highest BCUT2D eigenvalue weighted by Gasteiger charge is 2.52. The number of rotatable bonds is 0. The number of halogens is 1. The molecule has 0 aromatic rings. The Morgan fingerprint density at radius 2 is 2.20 bits per heavy atom. The summed E-state index contributed by atoms with van der Waals surface area (Å²) >= 11 is 1.81. The first kappa shape index (κ1) is 6.68. The van der Waals surface area contributed by atoms with Crippen molar-refractivity contribution in [1.82, 2.24) is 0 Å². The summed E-state index contributed by atoms with van der Waals surface area (Å²) in [6, 6.07) is 0. The van der Waals surface area contributed by atoms with Crippen molar-refractivity contribution in [3.05, 3.63) is 9.53 Å². The van der Waals surface area contributed by atoms with Gasteiger partial charge in [0.25, 0.3) is 0 Å². The monoisotopic (exact) mass is 256 g/mol. The Kier molecular flexibility index (Phi) is 1.33. The fourth-order valence-electron chi connectivity index (χ4n) is 0.862. The van der Waals surface area contributed by atoms with Crippen LogP contribution in [0.2, 0.25) is 0 Å². The molecule has 56 valence electrons. The lowest BCUT2D eigenvalue weighted by Crippen LogP contribution is -2.25. The van der Waals surface area contributed by atoms with E-state index in [2.05, 4.69) is 0 Å². The van der Waals surface area contributed by atoms with Gasteiger partial charge in [0.2, 0.25) is 6.29 Å². The highest BCUT2D eigenvalue weighted by Crippen LogP contribution is 2.38. The summed E-state index contributed by atoms with van der Waals surface area (Å²) in [6.07, 6.45) is -1.58. The van der Waals surface area contributed by atoms with Crippen LogP contribution in [0.1, 0.15) is 0 Å². The fourth-order valence-corrected chi connectivity index (χ4v) is 1.43. The quantitative estimate of drug-likeness (QED) is 0.482. The molecule has 2 aliphatic rings. The lowest BCUT2D eigenvalue weighted by Gasteiger charge is -2.13. The van der Waals surface area contributed by atoms with Crippen molar-refractivity contribution in [3.8, 4) is 0 Å². The van der Waals surface area contributed by atoms with E-state index in [4.69, 9.17) is 19.7 Å². The molecule has 5 heteroatoms. The highest BCUT2D eigenvalue weighted by molar-refractivity contribution is 14.1. The minimum atomic E-state index is -0.898. The first-order valence-corrected chi connectivity index (χ1v) is 3.87. The molecule has 0 radical (unpaired) electrons. The number of aliphatic hydroxyl groups excluding tert-OH is 2. The Morgan fingerprint density at radius 1 is 1.50 bits per heavy atom. The Morgan fingerprint density at radius 3 is 2.90 bits per heavy atom. The summed E-state index contributed by atoms with van der Waals surface area (Å²) < 4.78 is 10.2. The van der Waals surface area contributed by atoms with Gasteiger partial charge in [0, 0.05) is 22.6 Å².